The van der Waals surface area contributed by atoms with Crippen LogP contribution in [0.1, 0.15) is 92.6 Å². The highest BCUT2D eigenvalue weighted by atomic mass is 16.6. The Bertz CT molecular complexity index is 1330. The predicted molar refractivity (Wildman–Crippen MR) is 212 cm³/mol. The standard InChI is InChI=1S/C24H38N2O8.C17H33NO5/c1-7-17-22(33-11-15(4)5)19(32-10-14(2)3)13-31-12-16(24(29)34-17)26-23(28)20-21(27)18(30-6)8-9-25-20;1-6-14-16(22-8-12(4)5)15(21-7-11(2)3)10-20-9-13(18)17(19)23-14/h8-9,14-17,19,22,27H,7,10-13H2,1-6H3,(H,26,28);11-16H,6-10,18H2,1-5H3/t16-,17-,19-,22-;13-,14-,15-,16-/m00/s1. The van der Waals surface area contributed by atoms with Crippen LogP contribution < -0.4 is 15.8 Å². The quantitative estimate of drug-likeness (QED) is 0.190. The van der Waals surface area contributed by atoms with Crippen LogP contribution in [0.2, 0.25) is 0 Å². The van der Waals surface area contributed by atoms with E-state index in [0.717, 1.165) is 0 Å². The number of hydrogen-bond acceptors (Lipinski definition) is 15. The second-order valence-electron chi connectivity index (χ2n) is 16.1. The van der Waals surface area contributed by atoms with Crippen LogP contribution in [0.3, 0.4) is 0 Å². The van der Waals surface area contributed by atoms with Gasteiger partial charge >= 0.3 is 11.9 Å². The predicted octanol–water partition coefficient (Wildman–Crippen LogP) is 4.08. The first-order chi connectivity index (χ1) is 27.0. The third-order valence-corrected chi connectivity index (χ3v) is 8.70. The summed E-state index contributed by atoms with van der Waals surface area (Å²) in [5.41, 5.74) is 5.52. The highest BCUT2D eigenvalue weighted by Gasteiger charge is 2.39. The number of hydrogen-bond donors (Lipinski definition) is 3. The molecule has 2 aliphatic heterocycles. The first kappa shape index (κ1) is 50.0. The molecule has 1 aromatic rings. The van der Waals surface area contributed by atoms with Crippen LogP contribution in [0.4, 0.5) is 0 Å². The molecule has 0 aromatic carbocycles. The van der Waals surface area contributed by atoms with Crippen molar-refractivity contribution >= 4 is 17.8 Å². The molecule has 0 spiro atoms. The zero-order valence-corrected chi connectivity index (χ0v) is 36.0. The minimum atomic E-state index is -1.11. The van der Waals surface area contributed by atoms with Crippen molar-refractivity contribution in [3.05, 3.63) is 18.0 Å². The van der Waals surface area contributed by atoms with E-state index in [-0.39, 0.29) is 55.5 Å². The summed E-state index contributed by atoms with van der Waals surface area (Å²) in [4.78, 5) is 41.7. The van der Waals surface area contributed by atoms with Gasteiger partial charge in [0.15, 0.2) is 23.2 Å². The first-order valence-corrected chi connectivity index (χ1v) is 20.3. The Hall–Kier alpha value is -3.12. The van der Waals surface area contributed by atoms with Crippen LogP contribution in [0.5, 0.6) is 11.5 Å². The fraction of sp³-hybridized carbons (Fsp3) is 0.805. The maximum atomic E-state index is 13.0. The van der Waals surface area contributed by atoms with Gasteiger partial charge in [-0.15, -0.1) is 0 Å². The van der Waals surface area contributed by atoms with E-state index in [1.54, 1.807) is 0 Å². The molecule has 0 bridgehead atoms. The van der Waals surface area contributed by atoms with E-state index in [4.69, 9.17) is 48.4 Å². The Morgan fingerprint density at radius 1 is 0.772 bits per heavy atom. The Kier molecular flexibility index (Phi) is 22.9. The van der Waals surface area contributed by atoms with E-state index in [1.165, 1.54) is 19.4 Å². The summed E-state index contributed by atoms with van der Waals surface area (Å²) in [6, 6.07) is -0.452. The van der Waals surface area contributed by atoms with Gasteiger partial charge in [-0.1, -0.05) is 69.2 Å². The molecule has 2 fully saturated rings. The summed E-state index contributed by atoms with van der Waals surface area (Å²) in [5.74, 6) is -0.828. The van der Waals surface area contributed by atoms with E-state index in [9.17, 15) is 19.5 Å². The number of ether oxygens (including phenoxy) is 9. The number of nitrogens with zero attached hydrogens (tertiary/aromatic N) is 1. The van der Waals surface area contributed by atoms with E-state index in [2.05, 4.69) is 38.0 Å². The maximum absolute atomic E-state index is 13.0. The molecule has 1 amide bonds. The second-order valence-corrected chi connectivity index (χ2v) is 16.1. The topological polar surface area (TPSA) is 205 Å². The smallest absolute Gasteiger partial charge is 0.331 e. The molecule has 4 N–H and O–H groups in total. The normalized spacial score (nSPS) is 26.2. The number of pyridine rings is 1. The monoisotopic (exact) mass is 813 g/mol. The molecule has 2 aliphatic rings. The van der Waals surface area contributed by atoms with Crippen molar-refractivity contribution in [1.29, 1.82) is 0 Å². The lowest BCUT2D eigenvalue weighted by Gasteiger charge is -2.33. The minimum Gasteiger partial charge on any atom is -0.503 e. The SMILES string of the molecule is CC[C@@H]1OC(=O)[C@@H](N)COC[C@H](OCC(C)C)[C@H]1OCC(C)C.CC[C@@H]1OC(=O)[C@@H](NC(=O)c2nccc(OC)c2O)COC[C@H](OCC(C)C)[C@H]1OCC(C)C. The first-order valence-electron chi connectivity index (χ1n) is 20.3. The Morgan fingerprint density at radius 2 is 1.23 bits per heavy atom. The number of amides is 1. The molecule has 328 valence electrons. The molecule has 0 saturated carbocycles. The zero-order chi connectivity index (χ0) is 42.7. The number of nitrogens with one attached hydrogen (secondary N) is 1. The van der Waals surface area contributed by atoms with E-state index >= 15 is 0 Å². The van der Waals surface area contributed by atoms with Crippen LogP contribution in [0.25, 0.3) is 0 Å². The molecule has 16 heteroatoms. The third-order valence-electron chi connectivity index (χ3n) is 8.70. The molecule has 1 aromatic heterocycles. The van der Waals surface area contributed by atoms with Crippen molar-refractivity contribution in [2.24, 2.45) is 29.4 Å². The lowest BCUT2D eigenvalue weighted by atomic mass is 10.0. The molecular weight excluding hydrogens is 742 g/mol. The molecule has 0 radical (unpaired) electrons. The minimum absolute atomic E-state index is 0.0924. The number of carbonyl (C=O) groups is 3. The molecule has 0 unspecified atom stereocenters. The van der Waals surface area contributed by atoms with Gasteiger partial charge in [-0.2, -0.15) is 0 Å². The number of methoxy groups -OCH3 is 1. The molecule has 3 heterocycles. The number of carbonyl (C=O) groups excluding carboxylic acids is 3. The largest absolute Gasteiger partial charge is 0.503 e. The molecule has 0 aliphatic carbocycles. The zero-order valence-electron chi connectivity index (χ0n) is 36.0. The maximum Gasteiger partial charge on any atom is 0.331 e. The number of esters is 2. The number of aromatic nitrogens is 1. The highest BCUT2D eigenvalue weighted by molar-refractivity contribution is 5.98. The number of nitrogens with two attached hydrogens (primary N) is 1. The summed E-state index contributed by atoms with van der Waals surface area (Å²) < 4.78 is 52.0. The van der Waals surface area contributed by atoms with Crippen molar-refractivity contribution in [2.75, 3.05) is 60.0 Å². The van der Waals surface area contributed by atoms with Crippen molar-refractivity contribution in [1.82, 2.24) is 10.3 Å². The van der Waals surface area contributed by atoms with Crippen molar-refractivity contribution in [2.45, 2.75) is 131 Å². The summed E-state index contributed by atoms with van der Waals surface area (Å²) >= 11 is 0. The van der Waals surface area contributed by atoms with Crippen molar-refractivity contribution in [3.63, 3.8) is 0 Å². The van der Waals surface area contributed by atoms with Gasteiger partial charge in [-0.25, -0.2) is 9.78 Å². The third kappa shape index (κ3) is 17.3. The summed E-state index contributed by atoms with van der Waals surface area (Å²) in [6.45, 7) is 23.0. The lowest BCUT2D eigenvalue weighted by molar-refractivity contribution is -0.173. The van der Waals surface area contributed by atoms with Gasteiger partial charge < -0.3 is 58.8 Å². The van der Waals surface area contributed by atoms with Gasteiger partial charge in [0.05, 0.1) is 33.5 Å². The lowest BCUT2D eigenvalue weighted by Crippen LogP contribution is -2.48. The Balaban J connectivity index is 0.000000425. The average Bonchev–Trinajstić information content (AvgIpc) is 3.25. The van der Waals surface area contributed by atoms with Gasteiger partial charge in [0.2, 0.25) is 0 Å². The van der Waals surface area contributed by atoms with E-state index in [1.807, 2.05) is 41.5 Å². The van der Waals surface area contributed by atoms with Gasteiger partial charge in [-0.3, -0.25) is 9.59 Å². The Morgan fingerprint density at radius 3 is 1.68 bits per heavy atom. The average molecular weight is 814 g/mol. The summed E-state index contributed by atoms with van der Waals surface area (Å²) in [5, 5.41) is 12.8. The summed E-state index contributed by atoms with van der Waals surface area (Å²) in [7, 11) is 1.36. The fourth-order valence-electron chi connectivity index (χ4n) is 5.70. The molecule has 2 saturated heterocycles. The molecule has 8 atom stereocenters. The Labute approximate surface area is 339 Å². The van der Waals surface area contributed by atoms with Gasteiger partial charge in [0.25, 0.3) is 5.91 Å². The molecular formula is C41H71N3O13. The summed E-state index contributed by atoms with van der Waals surface area (Å²) in [6.07, 6.45) is -0.108. The molecule has 57 heavy (non-hydrogen) atoms. The van der Waals surface area contributed by atoms with Gasteiger partial charge in [-0.05, 0) is 36.5 Å². The van der Waals surface area contributed by atoms with Crippen LogP contribution in [-0.2, 0) is 47.5 Å². The van der Waals surface area contributed by atoms with Gasteiger partial charge in [0.1, 0.15) is 42.7 Å². The van der Waals surface area contributed by atoms with Gasteiger partial charge in [0, 0.05) is 38.7 Å². The van der Waals surface area contributed by atoms with Crippen LogP contribution >= 0.6 is 0 Å². The number of cyclic esters (lactones) is 2. The van der Waals surface area contributed by atoms with E-state index in [0.29, 0.717) is 63.6 Å². The second kappa shape index (κ2) is 26.1. The molecule has 3 rings (SSSR count). The number of aromatic hydroxyl groups is 1. The number of rotatable bonds is 17. The van der Waals surface area contributed by atoms with Crippen molar-refractivity contribution < 1.29 is 62.1 Å². The van der Waals surface area contributed by atoms with Crippen LogP contribution in [0, 0.1) is 23.7 Å². The van der Waals surface area contributed by atoms with Crippen LogP contribution in [0.15, 0.2) is 12.3 Å². The van der Waals surface area contributed by atoms with Crippen molar-refractivity contribution in [3.8, 4) is 11.5 Å². The molecule has 16 nitrogen and oxygen atoms in total. The van der Waals surface area contributed by atoms with E-state index < -0.39 is 54.0 Å². The van der Waals surface area contributed by atoms with Crippen LogP contribution in [-0.4, -0.2) is 137 Å². The fourth-order valence-corrected chi connectivity index (χ4v) is 5.70. The highest BCUT2D eigenvalue weighted by Crippen LogP contribution is 2.28.